The van der Waals surface area contributed by atoms with Crippen LogP contribution in [0.4, 0.5) is 0 Å². The van der Waals surface area contributed by atoms with Crippen LogP contribution in [0.25, 0.3) is 5.69 Å². The van der Waals surface area contributed by atoms with E-state index in [1.165, 1.54) is 11.8 Å². The molecule has 29 heavy (non-hydrogen) atoms. The third-order valence-corrected chi connectivity index (χ3v) is 5.80. The third-order valence-electron chi connectivity index (χ3n) is 4.85. The quantitative estimate of drug-likeness (QED) is 0.572. The van der Waals surface area contributed by atoms with E-state index in [2.05, 4.69) is 10.4 Å². The van der Waals surface area contributed by atoms with Crippen LogP contribution in [0.2, 0.25) is 0 Å². The number of nitrogens with zero attached hydrogens (tertiary/aromatic N) is 3. The van der Waals surface area contributed by atoms with Crippen LogP contribution >= 0.6 is 11.8 Å². The van der Waals surface area contributed by atoms with Crippen molar-refractivity contribution in [3.8, 4) is 11.4 Å². The van der Waals surface area contributed by atoms with Gasteiger partial charge in [0.15, 0.2) is 0 Å². The molecule has 4 rings (SSSR count). The predicted octanol–water partition coefficient (Wildman–Crippen LogP) is 3.95. The lowest BCUT2D eigenvalue weighted by atomic mass is 10.2. The van der Waals surface area contributed by atoms with Crippen LogP contribution < -0.4 is 10.1 Å². The molecule has 6 nitrogen and oxygen atoms in total. The molecule has 1 heterocycles. The molecule has 0 aliphatic heterocycles. The van der Waals surface area contributed by atoms with Crippen molar-refractivity contribution in [3.05, 3.63) is 66.0 Å². The summed E-state index contributed by atoms with van der Waals surface area (Å²) in [5.41, 5.74) is 1.95. The highest BCUT2D eigenvalue weighted by Crippen LogP contribution is 2.40. The van der Waals surface area contributed by atoms with E-state index in [1.807, 2.05) is 66.2 Å². The Morgan fingerprint density at radius 1 is 1.21 bits per heavy atom. The molecular weight excluding hydrogens is 384 g/mol. The Kier molecular flexibility index (Phi) is 5.85. The summed E-state index contributed by atoms with van der Waals surface area (Å²) in [5, 5.41) is 7.99. The molecule has 1 aliphatic carbocycles. The summed E-state index contributed by atoms with van der Waals surface area (Å²) in [5.74, 6) is 2.17. The Bertz CT molecular complexity index is 985. The van der Waals surface area contributed by atoms with Crippen molar-refractivity contribution in [2.45, 2.75) is 42.6 Å². The SMILES string of the molecule is COc1ccccc1CNC(=O)[C@H](C)Sc1nc(C2CC2)n(-c2ccccc2)n1. The highest BCUT2D eigenvalue weighted by Gasteiger charge is 2.31. The van der Waals surface area contributed by atoms with Gasteiger partial charge in [-0.2, -0.15) is 0 Å². The maximum Gasteiger partial charge on any atom is 0.233 e. The number of benzene rings is 2. The second-order valence-corrected chi connectivity index (χ2v) is 8.37. The first-order valence-corrected chi connectivity index (χ1v) is 10.6. The molecule has 3 aromatic rings. The van der Waals surface area contributed by atoms with E-state index in [1.54, 1.807) is 7.11 Å². The lowest BCUT2D eigenvalue weighted by Gasteiger charge is -2.12. The number of para-hydroxylation sites is 2. The smallest absolute Gasteiger partial charge is 0.233 e. The minimum absolute atomic E-state index is 0.0510. The van der Waals surface area contributed by atoms with Crippen LogP contribution in [-0.4, -0.2) is 33.0 Å². The highest BCUT2D eigenvalue weighted by molar-refractivity contribution is 8.00. The molecule has 1 aliphatic rings. The number of hydrogen-bond acceptors (Lipinski definition) is 5. The van der Waals surface area contributed by atoms with Gasteiger partial charge in [0.2, 0.25) is 11.1 Å². The van der Waals surface area contributed by atoms with Gasteiger partial charge in [-0.15, -0.1) is 5.10 Å². The molecule has 1 amide bonds. The molecule has 0 bridgehead atoms. The normalized spacial score (nSPS) is 14.4. The first-order chi connectivity index (χ1) is 14.2. The number of ether oxygens (including phenoxy) is 1. The van der Waals surface area contributed by atoms with Crippen molar-refractivity contribution in [2.24, 2.45) is 0 Å². The van der Waals surface area contributed by atoms with Gasteiger partial charge in [-0.1, -0.05) is 48.2 Å². The van der Waals surface area contributed by atoms with Crippen LogP contribution in [-0.2, 0) is 11.3 Å². The monoisotopic (exact) mass is 408 g/mol. The number of hydrogen-bond donors (Lipinski definition) is 1. The van der Waals surface area contributed by atoms with Crippen LogP contribution in [0.1, 0.15) is 37.1 Å². The predicted molar refractivity (Wildman–Crippen MR) is 113 cm³/mol. The number of amides is 1. The van der Waals surface area contributed by atoms with Crippen LogP contribution in [0.3, 0.4) is 0 Å². The molecular formula is C22H24N4O2S. The second kappa shape index (κ2) is 8.69. The fourth-order valence-electron chi connectivity index (χ4n) is 3.11. The molecule has 0 spiro atoms. The molecule has 1 atom stereocenters. The van der Waals surface area contributed by atoms with Gasteiger partial charge in [-0.3, -0.25) is 4.79 Å². The van der Waals surface area contributed by atoms with Crippen molar-refractivity contribution >= 4 is 17.7 Å². The Morgan fingerprint density at radius 3 is 2.66 bits per heavy atom. The van der Waals surface area contributed by atoms with E-state index in [0.29, 0.717) is 17.6 Å². The fourth-order valence-corrected chi connectivity index (χ4v) is 3.89. The molecule has 0 radical (unpaired) electrons. The Balaban J connectivity index is 1.43. The number of thioether (sulfide) groups is 1. The molecule has 2 aromatic carbocycles. The van der Waals surface area contributed by atoms with E-state index in [0.717, 1.165) is 35.7 Å². The van der Waals surface area contributed by atoms with Crippen molar-refractivity contribution in [1.82, 2.24) is 20.1 Å². The molecule has 1 N–H and O–H groups in total. The zero-order valence-corrected chi connectivity index (χ0v) is 17.4. The molecule has 1 saturated carbocycles. The van der Waals surface area contributed by atoms with Crippen LogP contribution in [0, 0.1) is 0 Å². The summed E-state index contributed by atoms with van der Waals surface area (Å²) >= 11 is 1.39. The molecule has 7 heteroatoms. The minimum Gasteiger partial charge on any atom is -0.496 e. The van der Waals surface area contributed by atoms with E-state index in [4.69, 9.17) is 9.72 Å². The average molecular weight is 409 g/mol. The van der Waals surface area contributed by atoms with Crippen molar-refractivity contribution in [3.63, 3.8) is 0 Å². The average Bonchev–Trinajstić information content (AvgIpc) is 3.52. The second-order valence-electron chi connectivity index (χ2n) is 7.06. The standard InChI is InChI=1S/C22H24N4O2S/c1-15(21(27)23-14-17-8-6-7-11-19(17)28-2)29-22-24-20(16-12-13-16)26(25-22)18-9-4-3-5-10-18/h3-11,15-16H,12-14H2,1-2H3,(H,23,27)/t15-/m0/s1. The number of carbonyl (C=O) groups is 1. The van der Waals surface area contributed by atoms with Gasteiger partial charge in [0.05, 0.1) is 18.0 Å². The number of methoxy groups -OCH3 is 1. The van der Waals surface area contributed by atoms with Gasteiger partial charge < -0.3 is 10.1 Å². The summed E-state index contributed by atoms with van der Waals surface area (Å²) < 4.78 is 7.26. The van der Waals surface area contributed by atoms with Crippen LogP contribution in [0.5, 0.6) is 5.75 Å². The van der Waals surface area contributed by atoms with Gasteiger partial charge in [-0.25, -0.2) is 9.67 Å². The van der Waals surface area contributed by atoms with Gasteiger partial charge in [0.25, 0.3) is 0 Å². The lowest BCUT2D eigenvalue weighted by Crippen LogP contribution is -2.30. The van der Waals surface area contributed by atoms with Crippen molar-refractivity contribution in [2.75, 3.05) is 7.11 Å². The van der Waals surface area contributed by atoms with E-state index < -0.39 is 0 Å². The zero-order valence-electron chi connectivity index (χ0n) is 16.5. The highest BCUT2D eigenvalue weighted by atomic mass is 32.2. The number of nitrogens with one attached hydrogen (secondary N) is 1. The van der Waals surface area contributed by atoms with Crippen molar-refractivity contribution in [1.29, 1.82) is 0 Å². The third kappa shape index (κ3) is 4.62. The number of aromatic nitrogens is 3. The van der Waals surface area contributed by atoms with Gasteiger partial charge in [0, 0.05) is 18.0 Å². The maximum atomic E-state index is 12.6. The van der Waals surface area contributed by atoms with Gasteiger partial charge in [0.1, 0.15) is 11.6 Å². The first-order valence-electron chi connectivity index (χ1n) is 9.74. The van der Waals surface area contributed by atoms with E-state index in [9.17, 15) is 4.79 Å². The number of rotatable bonds is 8. The van der Waals surface area contributed by atoms with Gasteiger partial charge >= 0.3 is 0 Å². The fraction of sp³-hybridized carbons (Fsp3) is 0.318. The van der Waals surface area contributed by atoms with Crippen LogP contribution in [0.15, 0.2) is 59.8 Å². The van der Waals surface area contributed by atoms with Gasteiger partial charge in [-0.05, 0) is 38.0 Å². The topological polar surface area (TPSA) is 69.0 Å². The summed E-state index contributed by atoms with van der Waals surface area (Å²) in [7, 11) is 1.63. The molecule has 150 valence electrons. The summed E-state index contributed by atoms with van der Waals surface area (Å²) in [6, 6.07) is 17.7. The molecule has 0 unspecified atom stereocenters. The summed E-state index contributed by atoms with van der Waals surface area (Å²) in [6.07, 6.45) is 2.29. The van der Waals surface area contributed by atoms with E-state index in [-0.39, 0.29) is 11.2 Å². The summed E-state index contributed by atoms with van der Waals surface area (Å²) in [4.78, 5) is 17.3. The Labute approximate surface area is 174 Å². The maximum absolute atomic E-state index is 12.6. The largest absolute Gasteiger partial charge is 0.496 e. The lowest BCUT2D eigenvalue weighted by molar-refractivity contribution is -0.120. The zero-order chi connectivity index (χ0) is 20.2. The first kappa shape index (κ1) is 19.5. The molecule has 0 saturated heterocycles. The molecule has 1 fully saturated rings. The van der Waals surface area contributed by atoms with Crippen molar-refractivity contribution < 1.29 is 9.53 Å². The van der Waals surface area contributed by atoms with E-state index >= 15 is 0 Å². The Hall–Kier alpha value is -2.80. The molecule has 1 aromatic heterocycles. The number of carbonyl (C=O) groups excluding carboxylic acids is 1. The Morgan fingerprint density at radius 2 is 1.93 bits per heavy atom. The minimum atomic E-state index is -0.302. The summed E-state index contributed by atoms with van der Waals surface area (Å²) in [6.45, 7) is 2.30.